The minimum atomic E-state index is -0.342. The molecule has 2 aromatic heterocycles. The van der Waals surface area contributed by atoms with E-state index >= 15 is 0 Å². The Balaban J connectivity index is 1.50. The third kappa shape index (κ3) is 2.92. The third-order valence-electron chi connectivity index (χ3n) is 4.13. The molecule has 0 spiro atoms. The van der Waals surface area contributed by atoms with Crippen LogP contribution in [0.25, 0.3) is 16.6 Å². The quantitative estimate of drug-likeness (QED) is 0.536. The van der Waals surface area contributed by atoms with Crippen LogP contribution in [0.15, 0.2) is 73.1 Å². The normalized spacial score (nSPS) is 10.9. The van der Waals surface area contributed by atoms with Gasteiger partial charge in [0.25, 0.3) is 0 Å². The van der Waals surface area contributed by atoms with Crippen molar-refractivity contribution in [3.8, 4) is 5.69 Å². The van der Waals surface area contributed by atoms with E-state index in [2.05, 4.69) is 5.10 Å². The molecule has 0 N–H and O–H groups in total. The number of carbonyl (C=O) groups is 1. The van der Waals surface area contributed by atoms with Gasteiger partial charge in [-0.05, 0) is 24.3 Å². The number of carbonyl (C=O) groups excluding carboxylic acids is 1. The molecular formula is C20H17N3O2. The predicted octanol–water partition coefficient (Wildman–Crippen LogP) is 3.72. The molecule has 0 radical (unpaired) electrons. The average Bonchev–Trinajstić information content (AvgIpc) is 3.26. The van der Waals surface area contributed by atoms with E-state index in [1.165, 1.54) is 0 Å². The number of ether oxygens (including phenoxy) is 1. The summed E-state index contributed by atoms with van der Waals surface area (Å²) in [6, 6.07) is 19.4. The summed E-state index contributed by atoms with van der Waals surface area (Å²) in [5, 5.41) is 5.34. The van der Waals surface area contributed by atoms with Crippen molar-refractivity contribution < 1.29 is 9.53 Å². The van der Waals surface area contributed by atoms with Crippen molar-refractivity contribution in [2.24, 2.45) is 7.05 Å². The Morgan fingerprint density at radius 1 is 1.04 bits per heavy atom. The van der Waals surface area contributed by atoms with E-state index in [4.69, 9.17) is 4.74 Å². The van der Waals surface area contributed by atoms with Gasteiger partial charge in [0.05, 0.1) is 11.3 Å². The Hall–Kier alpha value is -3.34. The highest BCUT2D eigenvalue weighted by molar-refractivity contribution is 6.04. The second-order valence-corrected chi connectivity index (χ2v) is 5.83. The van der Waals surface area contributed by atoms with E-state index < -0.39 is 0 Å². The standard InChI is InChI=1S/C20H17N3O2/c1-22-13-18(17-9-5-6-10-19(17)22)20(24)25-14-15-11-12-23(21-15)16-7-3-2-4-8-16/h2-13H,14H2,1H3. The van der Waals surface area contributed by atoms with Gasteiger partial charge in [0.1, 0.15) is 12.3 Å². The summed E-state index contributed by atoms with van der Waals surface area (Å²) in [4.78, 5) is 12.5. The zero-order valence-electron chi connectivity index (χ0n) is 13.8. The minimum Gasteiger partial charge on any atom is -0.455 e. The number of rotatable bonds is 4. The number of nitrogens with zero attached hydrogens (tertiary/aromatic N) is 3. The molecule has 0 saturated heterocycles. The molecule has 0 fully saturated rings. The molecule has 2 aromatic carbocycles. The van der Waals surface area contributed by atoms with Crippen LogP contribution in [0.1, 0.15) is 16.1 Å². The fourth-order valence-electron chi connectivity index (χ4n) is 2.88. The van der Waals surface area contributed by atoms with Crippen molar-refractivity contribution in [3.05, 3.63) is 84.3 Å². The molecule has 25 heavy (non-hydrogen) atoms. The van der Waals surface area contributed by atoms with Gasteiger partial charge in [0.15, 0.2) is 0 Å². The van der Waals surface area contributed by atoms with Gasteiger partial charge in [-0.1, -0.05) is 36.4 Å². The first kappa shape index (κ1) is 15.2. The topological polar surface area (TPSA) is 49.0 Å². The van der Waals surface area contributed by atoms with E-state index in [-0.39, 0.29) is 12.6 Å². The maximum atomic E-state index is 12.5. The molecular weight excluding hydrogens is 314 g/mol. The lowest BCUT2D eigenvalue weighted by Crippen LogP contribution is -2.05. The number of aryl methyl sites for hydroxylation is 1. The van der Waals surface area contributed by atoms with Gasteiger partial charge >= 0.3 is 5.97 Å². The highest BCUT2D eigenvalue weighted by atomic mass is 16.5. The summed E-state index contributed by atoms with van der Waals surface area (Å²) < 4.78 is 9.15. The van der Waals surface area contributed by atoms with E-state index in [0.29, 0.717) is 11.3 Å². The van der Waals surface area contributed by atoms with Gasteiger partial charge in [0.2, 0.25) is 0 Å². The largest absolute Gasteiger partial charge is 0.455 e. The fourth-order valence-corrected chi connectivity index (χ4v) is 2.88. The number of para-hydroxylation sites is 2. The molecule has 0 unspecified atom stereocenters. The van der Waals surface area contributed by atoms with Crippen LogP contribution in [0.2, 0.25) is 0 Å². The van der Waals surface area contributed by atoms with E-state index in [9.17, 15) is 4.79 Å². The summed E-state index contributed by atoms with van der Waals surface area (Å²) in [7, 11) is 1.92. The van der Waals surface area contributed by atoms with Gasteiger partial charge in [0, 0.05) is 30.3 Å². The molecule has 0 saturated carbocycles. The molecule has 0 bridgehead atoms. The Morgan fingerprint density at radius 2 is 1.80 bits per heavy atom. The van der Waals surface area contributed by atoms with Gasteiger partial charge in [-0.25, -0.2) is 9.48 Å². The Kier molecular flexibility index (Phi) is 3.82. The first-order valence-electron chi connectivity index (χ1n) is 8.03. The van der Waals surface area contributed by atoms with Gasteiger partial charge < -0.3 is 9.30 Å². The lowest BCUT2D eigenvalue weighted by atomic mass is 10.2. The van der Waals surface area contributed by atoms with Gasteiger partial charge in [-0.2, -0.15) is 5.10 Å². The first-order chi connectivity index (χ1) is 12.2. The molecule has 0 aliphatic carbocycles. The van der Waals surface area contributed by atoms with Crippen LogP contribution in [-0.2, 0) is 18.4 Å². The van der Waals surface area contributed by atoms with Crippen molar-refractivity contribution in [3.63, 3.8) is 0 Å². The fraction of sp³-hybridized carbons (Fsp3) is 0.100. The van der Waals surface area contributed by atoms with Crippen LogP contribution in [0, 0.1) is 0 Å². The Morgan fingerprint density at radius 3 is 2.64 bits per heavy atom. The maximum Gasteiger partial charge on any atom is 0.340 e. The zero-order valence-corrected chi connectivity index (χ0v) is 13.8. The Bertz CT molecular complexity index is 1030. The van der Waals surface area contributed by atoms with Crippen LogP contribution in [0.4, 0.5) is 0 Å². The maximum absolute atomic E-state index is 12.5. The number of aromatic nitrogens is 3. The van der Waals surface area contributed by atoms with E-state index in [0.717, 1.165) is 16.6 Å². The predicted molar refractivity (Wildman–Crippen MR) is 95.6 cm³/mol. The summed E-state index contributed by atoms with van der Waals surface area (Å²) >= 11 is 0. The summed E-state index contributed by atoms with van der Waals surface area (Å²) in [6.07, 6.45) is 3.66. The SMILES string of the molecule is Cn1cc(C(=O)OCc2ccn(-c3ccccc3)n2)c2ccccc21. The second-order valence-electron chi connectivity index (χ2n) is 5.83. The molecule has 0 amide bonds. The molecule has 0 atom stereocenters. The van der Waals surface area contributed by atoms with Crippen LogP contribution >= 0.6 is 0 Å². The van der Waals surface area contributed by atoms with Crippen molar-refractivity contribution >= 4 is 16.9 Å². The molecule has 4 rings (SSSR count). The number of esters is 1. The van der Waals surface area contributed by atoms with E-state index in [1.807, 2.05) is 78.5 Å². The lowest BCUT2D eigenvalue weighted by Gasteiger charge is -2.02. The van der Waals surface area contributed by atoms with Crippen LogP contribution in [0.5, 0.6) is 0 Å². The Labute approximate surface area is 145 Å². The van der Waals surface area contributed by atoms with Gasteiger partial charge in [-0.3, -0.25) is 0 Å². The van der Waals surface area contributed by atoms with Crippen LogP contribution in [-0.4, -0.2) is 20.3 Å². The lowest BCUT2D eigenvalue weighted by molar-refractivity contribution is 0.0469. The molecule has 124 valence electrons. The van der Waals surface area contributed by atoms with E-state index in [1.54, 1.807) is 10.9 Å². The van der Waals surface area contributed by atoms with Crippen LogP contribution in [0.3, 0.4) is 0 Å². The highest BCUT2D eigenvalue weighted by Crippen LogP contribution is 2.21. The highest BCUT2D eigenvalue weighted by Gasteiger charge is 2.15. The monoisotopic (exact) mass is 331 g/mol. The average molecular weight is 331 g/mol. The van der Waals surface area contributed by atoms with Crippen molar-refractivity contribution in [2.75, 3.05) is 0 Å². The summed E-state index contributed by atoms with van der Waals surface area (Å²) in [5.74, 6) is -0.342. The minimum absolute atomic E-state index is 0.141. The van der Waals surface area contributed by atoms with Crippen LogP contribution < -0.4 is 0 Å². The molecule has 0 aliphatic heterocycles. The smallest absolute Gasteiger partial charge is 0.340 e. The molecule has 4 aromatic rings. The zero-order chi connectivity index (χ0) is 17.2. The van der Waals surface area contributed by atoms with Crippen molar-refractivity contribution in [1.82, 2.24) is 14.3 Å². The second kappa shape index (κ2) is 6.28. The summed E-state index contributed by atoms with van der Waals surface area (Å²) in [5.41, 5.74) is 3.25. The van der Waals surface area contributed by atoms with Gasteiger partial charge in [-0.15, -0.1) is 0 Å². The molecule has 0 aliphatic rings. The van der Waals surface area contributed by atoms with Crippen molar-refractivity contribution in [1.29, 1.82) is 0 Å². The summed E-state index contributed by atoms with van der Waals surface area (Å²) in [6.45, 7) is 0.141. The number of hydrogen-bond acceptors (Lipinski definition) is 3. The molecule has 5 heteroatoms. The molecule has 5 nitrogen and oxygen atoms in total. The number of fused-ring (bicyclic) bond motifs is 1. The van der Waals surface area contributed by atoms with Crippen molar-refractivity contribution in [2.45, 2.75) is 6.61 Å². The molecule has 2 heterocycles. The third-order valence-corrected chi connectivity index (χ3v) is 4.13. The number of hydrogen-bond donors (Lipinski definition) is 0. The first-order valence-corrected chi connectivity index (χ1v) is 8.03. The number of benzene rings is 2.